The number of carbonyl (C=O) groups is 1. The summed E-state index contributed by atoms with van der Waals surface area (Å²) in [6, 6.07) is 1.37. The molecule has 0 spiro atoms. The third kappa shape index (κ3) is 3.27. The van der Waals surface area contributed by atoms with Crippen molar-refractivity contribution in [1.82, 2.24) is 10.6 Å². The molecule has 6 nitrogen and oxygen atoms in total. The predicted molar refractivity (Wildman–Crippen MR) is 65.9 cm³/mol. The second kappa shape index (κ2) is 5.91. The molecule has 108 valence electrons. The lowest BCUT2D eigenvalue weighted by atomic mass is 10.1. The molecule has 1 heterocycles. The first kappa shape index (κ1) is 14.3. The van der Waals surface area contributed by atoms with Crippen molar-refractivity contribution >= 4 is 11.6 Å². The first-order valence-corrected chi connectivity index (χ1v) is 6.09. The molecule has 1 atom stereocenters. The van der Waals surface area contributed by atoms with Crippen molar-refractivity contribution in [3.63, 3.8) is 0 Å². The molecule has 1 aliphatic heterocycles. The Hall–Kier alpha value is -2.09. The van der Waals surface area contributed by atoms with Crippen molar-refractivity contribution in [2.75, 3.05) is 6.54 Å². The fourth-order valence-corrected chi connectivity index (χ4v) is 2.02. The molecular formula is C12H13F2N3O3. The number of piperidine rings is 1. The number of benzene rings is 1. The monoisotopic (exact) mass is 285 g/mol. The van der Waals surface area contributed by atoms with E-state index in [9.17, 15) is 23.7 Å². The van der Waals surface area contributed by atoms with Crippen LogP contribution >= 0.6 is 0 Å². The Morgan fingerprint density at radius 3 is 2.75 bits per heavy atom. The molecule has 2 N–H and O–H groups in total. The van der Waals surface area contributed by atoms with Crippen LogP contribution in [0.25, 0.3) is 0 Å². The van der Waals surface area contributed by atoms with Crippen LogP contribution in [0.4, 0.5) is 14.5 Å². The van der Waals surface area contributed by atoms with Gasteiger partial charge in [0.05, 0.1) is 4.92 Å². The SMILES string of the molecule is O=C1CCC(NCc2cc([N+](=O)[O-])c(F)cc2F)CN1. The summed E-state index contributed by atoms with van der Waals surface area (Å²) in [4.78, 5) is 20.7. The molecule has 8 heteroatoms. The molecule has 1 aromatic rings. The van der Waals surface area contributed by atoms with E-state index in [1.807, 2.05) is 0 Å². The van der Waals surface area contributed by atoms with E-state index in [4.69, 9.17) is 0 Å². The molecule has 1 fully saturated rings. The first-order valence-electron chi connectivity index (χ1n) is 6.09. The van der Waals surface area contributed by atoms with Gasteiger partial charge in [-0.25, -0.2) is 4.39 Å². The molecule has 0 radical (unpaired) electrons. The highest BCUT2D eigenvalue weighted by Gasteiger charge is 2.21. The number of nitrogens with zero attached hydrogens (tertiary/aromatic N) is 1. The summed E-state index contributed by atoms with van der Waals surface area (Å²) in [5.41, 5.74) is -0.727. The van der Waals surface area contributed by atoms with Gasteiger partial charge in [-0.3, -0.25) is 14.9 Å². The summed E-state index contributed by atoms with van der Waals surface area (Å²) >= 11 is 0. The molecule has 2 rings (SSSR count). The molecule has 1 aliphatic rings. The molecule has 1 saturated heterocycles. The van der Waals surface area contributed by atoms with Crippen LogP contribution in [-0.4, -0.2) is 23.4 Å². The molecule has 1 amide bonds. The fraction of sp³-hybridized carbons (Fsp3) is 0.417. The number of rotatable bonds is 4. The van der Waals surface area contributed by atoms with Crippen LogP contribution in [0.5, 0.6) is 0 Å². The van der Waals surface area contributed by atoms with Crippen LogP contribution in [0.3, 0.4) is 0 Å². The topological polar surface area (TPSA) is 84.3 Å². The molecule has 0 saturated carbocycles. The van der Waals surface area contributed by atoms with Crippen molar-refractivity contribution in [1.29, 1.82) is 0 Å². The van der Waals surface area contributed by atoms with E-state index < -0.39 is 22.2 Å². The van der Waals surface area contributed by atoms with Gasteiger partial charge in [0.1, 0.15) is 5.82 Å². The third-order valence-electron chi connectivity index (χ3n) is 3.16. The number of amides is 1. The third-order valence-corrected chi connectivity index (χ3v) is 3.16. The summed E-state index contributed by atoms with van der Waals surface area (Å²) in [5.74, 6) is -2.06. The number of nitrogens with one attached hydrogen (secondary N) is 2. The van der Waals surface area contributed by atoms with Crippen LogP contribution in [0, 0.1) is 21.7 Å². The summed E-state index contributed by atoms with van der Waals surface area (Å²) in [6.07, 6.45) is 0.987. The van der Waals surface area contributed by atoms with Crippen molar-refractivity contribution in [2.24, 2.45) is 0 Å². The van der Waals surface area contributed by atoms with Crippen molar-refractivity contribution in [2.45, 2.75) is 25.4 Å². The van der Waals surface area contributed by atoms with Gasteiger partial charge in [-0.2, -0.15) is 4.39 Å². The predicted octanol–water partition coefficient (Wildman–Crippen LogP) is 1.24. The maximum absolute atomic E-state index is 13.5. The maximum Gasteiger partial charge on any atom is 0.305 e. The molecular weight excluding hydrogens is 272 g/mol. The van der Waals surface area contributed by atoms with Gasteiger partial charge in [0.25, 0.3) is 0 Å². The summed E-state index contributed by atoms with van der Waals surface area (Å²) in [7, 11) is 0. The number of nitro benzene ring substituents is 1. The zero-order chi connectivity index (χ0) is 14.7. The Balaban J connectivity index is 2.04. The van der Waals surface area contributed by atoms with Crippen molar-refractivity contribution in [3.8, 4) is 0 Å². The summed E-state index contributed by atoms with van der Waals surface area (Å²) in [6.45, 7) is 0.456. The molecule has 1 aromatic carbocycles. The van der Waals surface area contributed by atoms with E-state index in [0.717, 1.165) is 6.07 Å². The normalized spacial score (nSPS) is 18.7. The Labute approximate surface area is 113 Å². The molecule has 0 aromatic heterocycles. The molecule has 20 heavy (non-hydrogen) atoms. The largest absolute Gasteiger partial charge is 0.355 e. The highest BCUT2D eigenvalue weighted by atomic mass is 19.1. The highest BCUT2D eigenvalue weighted by Crippen LogP contribution is 2.21. The van der Waals surface area contributed by atoms with Crippen molar-refractivity contribution < 1.29 is 18.5 Å². The van der Waals surface area contributed by atoms with Crippen LogP contribution in [0.2, 0.25) is 0 Å². The van der Waals surface area contributed by atoms with Gasteiger partial charge in [0.15, 0.2) is 0 Å². The summed E-state index contributed by atoms with van der Waals surface area (Å²) in [5, 5.41) is 16.2. The van der Waals surface area contributed by atoms with Gasteiger partial charge >= 0.3 is 5.69 Å². The smallest absolute Gasteiger partial charge is 0.305 e. The van der Waals surface area contributed by atoms with Gasteiger partial charge < -0.3 is 10.6 Å². The van der Waals surface area contributed by atoms with Crippen molar-refractivity contribution in [3.05, 3.63) is 39.4 Å². The second-order valence-electron chi connectivity index (χ2n) is 4.57. The standard InChI is InChI=1S/C12H13F2N3O3/c13-9-4-10(14)11(17(19)20)3-7(9)5-15-8-1-2-12(18)16-6-8/h3-4,8,15H,1-2,5-6H2,(H,16,18). The van der Waals surface area contributed by atoms with E-state index in [-0.39, 0.29) is 24.1 Å². The zero-order valence-corrected chi connectivity index (χ0v) is 10.5. The Morgan fingerprint density at radius 2 is 2.15 bits per heavy atom. The zero-order valence-electron chi connectivity index (χ0n) is 10.5. The van der Waals surface area contributed by atoms with Gasteiger partial charge in [-0.1, -0.05) is 0 Å². The minimum absolute atomic E-state index is 0.0231. The van der Waals surface area contributed by atoms with Crippen LogP contribution in [0.15, 0.2) is 12.1 Å². The lowest BCUT2D eigenvalue weighted by Gasteiger charge is -2.23. The summed E-state index contributed by atoms with van der Waals surface area (Å²) < 4.78 is 26.7. The number of hydrogen-bond acceptors (Lipinski definition) is 4. The highest BCUT2D eigenvalue weighted by molar-refractivity contribution is 5.76. The van der Waals surface area contributed by atoms with Gasteiger partial charge in [0, 0.05) is 43.2 Å². The average molecular weight is 285 g/mol. The van der Waals surface area contributed by atoms with E-state index >= 15 is 0 Å². The van der Waals surface area contributed by atoms with E-state index in [0.29, 0.717) is 25.5 Å². The van der Waals surface area contributed by atoms with E-state index in [2.05, 4.69) is 10.6 Å². The average Bonchev–Trinajstić information content (AvgIpc) is 2.39. The van der Waals surface area contributed by atoms with Gasteiger partial charge in [0.2, 0.25) is 11.7 Å². The minimum atomic E-state index is -1.19. The molecule has 0 bridgehead atoms. The number of hydrogen-bond donors (Lipinski definition) is 2. The molecule has 0 aliphatic carbocycles. The number of halogens is 2. The Morgan fingerprint density at radius 1 is 1.40 bits per heavy atom. The lowest BCUT2D eigenvalue weighted by molar-refractivity contribution is -0.387. The Kier molecular flexibility index (Phi) is 4.23. The van der Waals surface area contributed by atoms with Gasteiger partial charge in [-0.05, 0) is 6.42 Å². The number of carbonyl (C=O) groups excluding carboxylic acids is 1. The molecule has 1 unspecified atom stereocenters. The van der Waals surface area contributed by atoms with E-state index in [1.54, 1.807) is 0 Å². The number of nitro groups is 1. The first-order chi connectivity index (χ1) is 9.47. The van der Waals surface area contributed by atoms with E-state index in [1.165, 1.54) is 0 Å². The van der Waals surface area contributed by atoms with Gasteiger partial charge in [-0.15, -0.1) is 0 Å². The van der Waals surface area contributed by atoms with Crippen LogP contribution in [0.1, 0.15) is 18.4 Å². The minimum Gasteiger partial charge on any atom is -0.355 e. The Bertz CT molecular complexity index is 541. The lowest BCUT2D eigenvalue weighted by Crippen LogP contribution is -2.45. The maximum atomic E-state index is 13.5. The fourth-order valence-electron chi connectivity index (χ4n) is 2.02. The van der Waals surface area contributed by atoms with Crippen LogP contribution in [-0.2, 0) is 11.3 Å². The quantitative estimate of drug-likeness (QED) is 0.644. The second-order valence-corrected chi connectivity index (χ2v) is 4.57. The van der Waals surface area contributed by atoms with Crippen LogP contribution < -0.4 is 10.6 Å².